The first-order valence-electron chi connectivity index (χ1n) is 24.1. The molecule has 1 atom stereocenters. The Kier molecular flexibility index (Phi) is 24.3. The third-order valence-corrected chi connectivity index (χ3v) is 12.3. The molecule has 318 valence electrons. The number of hydrogen-bond acceptors (Lipinski definition) is 3. The minimum Gasteiger partial charge on any atom is -0.494 e. The minimum absolute atomic E-state index is 0.356. The molecule has 0 aliphatic heterocycles. The lowest BCUT2D eigenvalue weighted by atomic mass is 9.84. The predicted molar refractivity (Wildman–Crippen MR) is 241 cm³/mol. The molecule has 4 rings (SSSR count). The van der Waals surface area contributed by atoms with Crippen LogP contribution in [0.5, 0.6) is 5.75 Å². The Balaban J connectivity index is 0.870. The fourth-order valence-electron chi connectivity index (χ4n) is 8.82. The molecule has 1 N–H and O–H groups in total. The number of fused-ring (bicyclic) bond motifs is 3. The smallest absolute Gasteiger partial charge is 0.141 e. The molecule has 0 amide bonds. The molecular formula is C53H81FO3. The van der Waals surface area contributed by atoms with Crippen molar-refractivity contribution in [2.45, 2.75) is 205 Å². The Hall–Kier alpha value is -2.69. The summed E-state index contributed by atoms with van der Waals surface area (Å²) in [6, 6.07) is 20.1. The van der Waals surface area contributed by atoms with E-state index in [0.717, 1.165) is 47.6 Å². The van der Waals surface area contributed by atoms with Crippen molar-refractivity contribution in [1.29, 1.82) is 0 Å². The molecule has 0 saturated heterocycles. The Morgan fingerprint density at radius 1 is 0.439 bits per heavy atom. The van der Waals surface area contributed by atoms with E-state index in [0.29, 0.717) is 12.2 Å². The zero-order valence-corrected chi connectivity index (χ0v) is 36.3. The summed E-state index contributed by atoms with van der Waals surface area (Å²) in [5.41, 5.74) is 2.60. The molecule has 0 heterocycles. The molecule has 3 nitrogen and oxygen atoms in total. The summed E-state index contributed by atoms with van der Waals surface area (Å²) >= 11 is 0. The summed E-state index contributed by atoms with van der Waals surface area (Å²) < 4.78 is 26.3. The Morgan fingerprint density at radius 3 is 1.37 bits per heavy atom. The van der Waals surface area contributed by atoms with Gasteiger partial charge in [-0.2, -0.15) is 0 Å². The van der Waals surface area contributed by atoms with Crippen LogP contribution in [0.15, 0.2) is 66.7 Å². The van der Waals surface area contributed by atoms with Crippen LogP contribution < -0.4 is 4.74 Å². The van der Waals surface area contributed by atoms with Crippen LogP contribution in [-0.4, -0.2) is 24.9 Å². The van der Waals surface area contributed by atoms with Crippen molar-refractivity contribution in [2.75, 3.05) is 19.8 Å². The highest BCUT2D eigenvalue weighted by molar-refractivity contribution is 5.82. The lowest BCUT2D eigenvalue weighted by Gasteiger charge is -2.27. The largest absolute Gasteiger partial charge is 0.494 e. The zero-order chi connectivity index (χ0) is 40.1. The molecule has 1 unspecified atom stereocenters. The zero-order valence-electron chi connectivity index (χ0n) is 36.3. The van der Waals surface area contributed by atoms with Crippen LogP contribution in [0.3, 0.4) is 0 Å². The van der Waals surface area contributed by atoms with Gasteiger partial charge in [0.05, 0.1) is 6.61 Å². The van der Waals surface area contributed by atoms with Crippen LogP contribution in [0.4, 0.5) is 4.39 Å². The standard InChI is InChI=1S/C53H81FO3/c1-2-3-4-5-6-7-8-9-10-11-12-13-14-15-16-17-20-23-26-31-41-56-42-32-27-24-21-18-19-22-25-28-33-43-57-48-39-40-50-49-37-29-30-38-51(49)53(55,52(50)45-48)46-35-34-36-47(54)44-46/h29-30,34-40,44-45,55H,2-28,31-33,41-43H2,1H3. The lowest BCUT2D eigenvalue weighted by Crippen LogP contribution is -2.26. The second-order valence-electron chi connectivity index (χ2n) is 17.2. The van der Waals surface area contributed by atoms with Crippen molar-refractivity contribution in [3.8, 4) is 16.9 Å². The van der Waals surface area contributed by atoms with Gasteiger partial charge in [-0.15, -0.1) is 0 Å². The van der Waals surface area contributed by atoms with Gasteiger partial charge < -0.3 is 14.6 Å². The van der Waals surface area contributed by atoms with Gasteiger partial charge in [-0.3, -0.25) is 0 Å². The van der Waals surface area contributed by atoms with Gasteiger partial charge in [0.2, 0.25) is 0 Å². The summed E-state index contributed by atoms with van der Waals surface area (Å²) in [5.74, 6) is 0.392. The Morgan fingerprint density at radius 2 is 0.877 bits per heavy atom. The molecule has 0 aromatic heterocycles. The maximum atomic E-state index is 14.2. The highest BCUT2D eigenvalue weighted by Gasteiger charge is 2.43. The number of halogens is 1. The van der Waals surface area contributed by atoms with Crippen molar-refractivity contribution in [1.82, 2.24) is 0 Å². The van der Waals surface area contributed by atoms with E-state index in [1.165, 1.54) is 198 Å². The molecule has 0 bridgehead atoms. The van der Waals surface area contributed by atoms with Crippen molar-refractivity contribution in [2.24, 2.45) is 0 Å². The number of benzene rings is 3. The van der Waals surface area contributed by atoms with Gasteiger partial charge in [-0.1, -0.05) is 223 Å². The number of unbranched alkanes of at least 4 members (excludes halogenated alkanes) is 28. The van der Waals surface area contributed by atoms with Crippen molar-refractivity contribution in [3.05, 3.63) is 89.2 Å². The van der Waals surface area contributed by atoms with Crippen LogP contribution in [0.25, 0.3) is 11.1 Å². The summed E-state index contributed by atoms with van der Waals surface area (Å²) in [6.45, 7) is 4.85. The number of aliphatic hydroxyl groups is 1. The van der Waals surface area contributed by atoms with Crippen molar-refractivity contribution in [3.63, 3.8) is 0 Å². The minimum atomic E-state index is -1.41. The number of hydrogen-bond donors (Lipinski definition) is 1. The quantitative estimate of drug-likeness (QED) is 0.0597. The number of rotatable bonds is 36. The Bertz CT molecular complexity index is 1450. The molecule has 0 spiro atoms. The molecule has 1 aliphatic rings. The lowest BCUT2D eigenvalue weighted by molar-refractivity contribution is 0.125. The van der Waals surface area contributed by atoms with Crippen molar-refractivity contribution < 1.29 is 19.0 Å². The maximum Gasteiger partial charge on any atom is 0.141 e. The Labute approximate surface area is 348 Å². The summed E-state index contributed by atoms with van der Waals surface area (Å²) in [5, 5.41) is 12.1. The van der Waals surface area contributed by atoms with E-state index < -0.39 is 5.60 Å². The first-order chi connectivity index (χ1) is 28.1. The third kappa shape index (κ3) is 17.6. The molecule has 0 fully saturated rings. The normalized spacial score (nSPS) is 14.6. The summed E-state index contributed by atoms with van der Waals surface area (Å²) in [4.78, 5) is 0. The SMILES string of the molecule is CCCCCCCCCCCCCCCCCCCCCCOCCCCCCCCCCCCOc1ccc2c(c1)C(O)(c1cccc(F)c1)c1ccccc1-2. The van der Waals surface area contributed by atoms with E-state index in [4.69, 9.17) is 9.47 Å². The van der Waals surface area contributed by atoms with Gasteiger partial charge in [0.1, 0.15) is 17.2 Å². The molecule has 3 aromatic carbocycles. The monoisotopic (exact) mass is 785 g/mol. The summed E-state index contributed by atoms with van der Waals surface area (Å²) in [7, 11) is 0. The van der Waals surface area contributed by atoms with Gasteiger partial charge in [-0.05, 0) is 60.2 Å². The first-order valence-corrected chi connectivity index (χ1v) is 24.1. The van der Waals surface area contributed by atoms with Crippen LogP contribution in [0, 0.1) is 5.82 Å². The highest BCUT2D eigenvalue weighted by Crippen LogP contribution is 2.51. The second kappa shape index (κ2) is 29.5. The highest BCUT2D eigenvalue weighted by atomic mass is 19.1. The van der Waals surface area contributed by atoms with Crippen LogP contribution >= 0.6 is 0 Å². The molecule has 4 heteroatoms. The van der Waals surface area contributed by atoms with Gasteiger partial charge in [-0.25, -0.2) is 4.39 Å². The maximum absolute atomic E-state index is 14.2. The average molecular weight is 785 g/mol. The predicted octanol–water partition coefficient (Wildman–Crippen LogP) is 16.2. The van der Waals surface area contributed by atoms with Crippen LogP contribution in [0.1, 0.15) is 216 Å². The van der Waals surface area contributed by atoms with Gasteiger partial charge in [0.25, 0.3) is 0 Å². The number of ether oxygens (including phenoxy) is 2. The van der Waals surface area contributed by atoms with Gasteiger partial charge >= 0.3 is 0 Å². The van der Waals surface area contributed by atoms with Crippen LogP contribution in [-0.2, 0) is 10.3 Å². The van der Waals surface area contributed by atoms with E-state index >= 15 is 0 Å². The van der Waals surface area contributed by atoms with Crippen molar-refractivity contribution >= 4 is 0 Å². The molecule has 0 saturated carbocycles. The van der Waals surface area contributed by atoms with E-state index in [1.807, 2.05) is 42.5 Å². The van der Waals surface area contributed by atoms with Gasteiger partial charge in [0, 0.05) is 24.3 Å². The molecule has 1 aliphatic carbocycles. The van der Waals surface area contributed by atoms with E-state index in [1.54, 1.807) is 12.1 Å². The first kappa shape index (κ1) is 47.0. The van der Waals surface area contributed by atoms with Gasteiger partial charge in [0.15, 0.2) is 0 Å². The average Bonchev–Trinajstić information content (AvgIpc) is 3.49. The van der Waals surface area contributed by atoms with E-state index in [-0.39, 0.29) is 5.82 Å². The van der Waals surface area contributed by atoms with Crippen LogP contribution in [0.2, 0.25) is 0 Å². The molecule has 3 aromatic rings. The third-order valence-electron chi connectivity index (χ3n) is 12.3. The van der Waals surface area contributed by atoms with E-state index in [9.17, 15) is 9.50 Å². The fraction of sp³-hybridized carbons (Fsp3) is 0.660. The summed E-state index contributed by atoms with van der Waals surface area (Å²) in [6.07, 6.45) is 41.1. The van der Waals surface area contributed by atoms with E-state index in [2.05, 4.69) is 6.92 Å². The second-order valence-corrected chi connectivity index (χ2v) is 17.2. The topological polar surface area (TPSA) is 38.7 Å². The molecule has 57 heavy (non-hydrogen) atoms. The molecule has 0 radical (unpaired) electrons. The fourth-order valence-corrected chi connectivity index (χ4v) is 8.82. The molecular weight excluding hydrogens is 704 g/mol.